The van der Waals surface area contributed by atoms with Crippen LogP contribution >= 0.6 is 0 Å². The molecule has 1 aromatic carbocycles. The molecule has 1 N–H and O–H groups in total. The normalized spacial score (nSPS) is 16.8. The minimum atomic E-state index is 0.00549. The van der Waals surface area contributed by atoms with Gasteiger partial charge < -0.3 is 10.2 Å². The predicted molar refractivity (Wildman–Crippen MR) is 106 cm³/mol. The lowest BCUT2D eigenvalue weighted by molar-refractivity contribution is -0.138. The molecule has 0 spiro atoms. The summed E-state index contributed by atoms with van der Waals surface area (Å²) in [6.07, 6.45) is 2.59. The van der Waals surface area contributed by atoms with Crippen molar-refractivity contribution in [2.24, 2.45) is 17.8 Å². The second-order valence-electron chi connectivity index (χ2n) is 8.32. The van der Waals surface area contributed by atoms with Crippen molar-refractivity contribution in [3.63, 3.8) is 0 Å². The first kappa shape index (κ1) is 20.5. The number of likely N-dealkylation sites (tertiary alicyclic amines) is 1. The molecule has 0 aliphatic carbocycles. The van der Waals surface area contributed by atoms with Crippen LogP contribution in [-0.4, -0.2) is 29.8 Å². The average Bonchev–Trinajstić information content (AvgIpc) is 2.61. The summed E-state index contributed by atoms with van der Waals surface area (Å²) < 4.78 is 0. The summed E-state index contributed by atoms with van der Waals surface area (Å²) in [6.45, 7) is 11.7. The van der Waals surface area contributed by atoms with Crippen LogP contribution in [-0.2, 0) is 16.0 Å². The Kier molecular flexibility index (Phi) is 7.24. The summed E-state index contributed by atoms with van der Waals surface area (Å²) >= 11 is 0. The third kappa shape index (κ3) is 5.58. The van der Waals surface area contributed by atoms with Crippen LogP contribution in [0.5, 0.6) is 0 Å². The fourth-order valence-corrected chi connectivity index (χ4v) is 3.56. The molecule has 0 radical (unpaired) electrons. The van der Waals surface area contributed by atoms with Crippen LogP contribution in [0.4, 0.5) is 0 Å². The third-order valence-corrected chi connectivity index (χ3v) is 5.15. The number of carbonyl (C=O) groups excluding carboxylic acids is 2. The molecule has 1 heterocycles. The zero-order chi connectivity index (χ0) is 19.3. The molecule has 2 rings (SSSR count). The van der Waals surface area contributed by atoms with Crippen molar-refractivity contribution in [1.29, 1.82) is 0 Å². The maximum Gasteiger partial charge on any atom is 0.225 e. The summed E-state index contributed by atoms with van der Waals surface area (Å²) in [5, 5.41) is 3.15. The molecular formula is C22H34N2O2. The summed E-state index contributed by atoms with van der Waals surface area (Å²) in [4.78, 5) is 26.5. The Balaban J connectivity index is 1.85. The quantitative estimate of drug-likeness (QED) is 0.837. The number of amides is 2. The summed E-state index contributed by atoms with van der Waals surface area (Å²) in [7, 11) is 0. The number of nitrogens with zero attached hydrogens (tertiary/aromatic N) is 1. The van der Waals surface area contributed by atoms with Gasteiger partial charge in [-0.25, -0.2) is 0 Å². The van der Waals surface area contributed by atoms with E-state index in [0.29, 0.717) is 19.0 Å². The van der Waals surface area contributed by atoms with E-state index in [0.717, 1.165) is 24.8 Å². The van der Waals surface area contributed by atoms with Crippen LogP contribution < -0.4 is 5.32 Å². The molecule has 1 aliphatic heterocycles. The summed E-state index contributed by atoms with van der Waals surface area (Å²) in [6, 6.07) is 8.56. The molecule has 0 saturated carbocycles. The molecular weight excluding hydrogens is 324 g/mol. The van der Waals surface area contributed by atoms with Crippen LogP contribution in [0.2, 0.25) is 0 Å². The van der Waals surface area contributed by atoms with E-state index in [4.69, 9.17) is 0 Å². The second kappa shape index (κ2) is 9.20. The minimum Gasteiger partial charge on any atom is -0.349 e. The topological polar surface area (TPSA) is 49.4 Å². The first-order valence-corrected chi connectivity index (χ1v) is 9.96. The Morgan fingerprint density at radius 2 is 1.62 bits per heavy atom. The molecule has 1 aliphatic rings. The van der Waals surface area contributed by atoms with Crippen molar-refractivity contribution >= 4 is 11.8 Å². The number of benzene rings is 1. The lowest BCUT2D eigenvalue weighted by atomic mass is 9.94. The first-order chi connectivity index (χ1) is 12.3. The van der Waals surface area contributed by atoms with Gasteiger partial charge in [-0.1, -0.05) is 52.0 Å². The molecule has 144 valence electrons. The van der Waals surface area contributed by atoms with Gasteiger partial charge in [-0.2, -0.15) is 0 Å². The fraction of sp³-hybridized carbons (Fsp3) is 0.636. The number of carbonyl (C=O) groups is 2. The number of hydrogen-bond acceptors (Lipinski definition) is 2. The van der Waals surface area contributed by atoms with Crippen molar-refractivity contribution in [3.8, 4) is 0 Å². The molecule has 1 saturated heterocycles. The van der Waals surface area contributed by atoms with Gasteiger partial charge in [-0.15, -0.1) is 0 Å². The highest BCUT2D eigenvalue weighted by atomic mass is 16.2. The highest BCUT2D eigenvalue weighted by molar-refractivity contribution is 5.81. The molecule has 2 amide bonds. The van der Waals surface area contributed by atoms with Crippen molar-refractivity contribution in [1.82, 2.24) is 10.2 Å². The van der Waals surface area contributed by atoms with E-state index in [-0.39, 0.29) is 29.7 Å². The van der Waals surface area contributed by atoms with Gasteiger partial charge in [0.2, 0.25) is 11.8 Å². The second-order valence-corrected chi connectivity index (χ2v) is 8.32. The van der Waals surface area contributed by atoms with Crippen molar-refractivity contribution in [3.05, 3.63) is 35.4 Å². The highest BCUT2D eigenvalue weighted by Crippen LogP contribution is 2.21. The molecule has 26 heavy (non-hydrogen) atoms. The summed E-state index contributed by atoms with van der Waals surface area (Å²) in [5.41, 5.74) is 2.47. The monoisotopic (exact) mass is 358 g/mol. The van der Waals surface area contributed by atoms with E-state index in [1.165, 1.54) is 5.56 Å². The van der Waals surface area contributed by atoms with E-state index in [9.17, 15) is 9.59 Å². The number of piperidine rings is 1. The van der Waals surface area contributed by atoms with Gasteiger partial charge in [-0.3, -0.25) is 9.59 Å². The lowest BCUT2D eigenvalue weighted by Gasteiger charge is -2.33. The van der Waals surface area contributed by atoms with Crippen molar-refractivity contribution in [2.75, 3.05) is 13.1 Å². The van der Waals surface area contributed by atoms with Crippen LogP contribution in [0, 0.1) is 17.8 Å². The standard InChI is InChI=1S/C22H34N2O2/c1-15(2)14-18-6-8-19(9-7-18)17(5)23-21(25)20-10-12-24(13-11-20)22(26)16(3)4/h6-9,15-17,20H,10-14H2,1-5H3,(H,23,25). The van der Waals surface area contributed by atoms with Gasteiger partial charge in [0, 0.05) is 24.9 Å². The maximum absolute atomic E-state index is 12.6. The van der Waals surface area contributed by atoms with Crippen LogP contribution in [0.3, 0.4) is 0 Å². The van der Waals surface area contributed by atoms with Crippen LogP contribution in [0.25, 0.3) is 0 Å². The van der Waals surface area contributed by atoms with Gasteiger partial charge >= 0.3 is 0 Å². The third-order valence-electron chi connectivity index (χ3n) is 5.15. The molecule has 1 aromatic rings. The largest absolute Gasteiger partial charge is 0.349 e. The molecule has 4 nitrogen and oxygen atoms in total. The Morgan fingerprint density at radius 1 is 1.04 bits per heavy atom. The molecule has 1 unspecified atom stereocenters. The zero-order valence-corrected chi connectivity index (χ0v) is 16.9. The van der Waals surface area contributed by atoms with E-state index < -0.39 is 0 Å². The molecule has 1 atom stereocenters. The van der Waals surface area contributed by atoms with Crippen molar-refractivity contribution < 1.29 is 9.59 Å². The lowest BCUT2D eigenvalue weighted by Crippen LogP contribution is -2.44. The van der Waals surface area contributed by atoms with E-state index in [1.54, 1.807) is 0 Å². The highest BCUT2D eigenvalue weighted by Gasteiger charge is 2.28. The van der Waals surface area contributed by atoms with Gasteiger partial charge in [0.15, 0.2) is 0 Å². The predicted octanol–water partition coefficient (Wildman–Crippen LogP) is 3.96. The minimum absolute atomic E-state index is 0.00549. The van der Waals surface area contributed by atoms with Crippen LogP contribution in [0.1, 0.15) is 64.6 Å². The number of rotatable bonds is 6. The van der Waals surface area contributed by atoms with Crippen LogP contribution in [0.15, 0.2) is 24.3 Å². The Labute approximate surface area is 158 Å². The number of nitrogens with one attached hydrogen (secondary N) is 1. The zero-order valence-electron chi connectivity index (χ0n) is 16.9. The molecule has 0 aromatic heterocycles. The summed E-state index contributed by atoms with van der Waals surface area (Å²) in [5.74, 6) is 0.985. The van der Waals surface area contributed by atoms with Gasteiger partial charge in [0.1, 0.15) is 0 Å². The SMILES string of the molecule is CC(C)Cc1ccc(C(C)NC(=O)C2CCN(C(=O)C(C)C)CC2)cc1. The Bertz CT molecular complexity index is 599. The molecule has 0 bridgehead atoms. The maximum atomic E-state index is 12.6. The molecule has 1 fully saturated rings. The van der Waals surface area contributed by atoms with Crippen molar-refractivity contribution in [2.45, 2.75) is 59.9 Å². The van der Waals surface area contributed by atoms with E-state index in [1.807, 2.05) is 25.7 Å². The van der Waals surface area contributed by atoms with Gasteiger partial charge in [0.05, 0.1) is 6.04 Å². The van der Waals surface area contributed by atoms with E-state index in [2.05, 4.69) is 43.4 Å². The smallest absolute Gasteiger partial charge is 0.225 e. The molecule has 4 heteroatoms. The Morgan fingerprint density at radius 3 is 2.12 bits per heavy atom. The number of hydrogen-bond donors (Lipinski definition) is 1. The fourth-order valence-electron chi connectivity index (χ4n) is 3.56. The van der Waals surface area contributed by atoms with E-state index >= 15 is 0 Å². The van der Waals surface area contributed by atoms with Gasteiger partial charge in [-0.05, 0) is 43.2 Å². The average molecular weight is 359 g/mol. The first-order valence-electron chi connectivity index (χ1n) is 9.96. The Hall–Kier alpha value is -1.84. The van der Waals surface area contributed by atoms with Gasteiger partial charge in [0.25, 0.3) is 0 Å².